The van der Waals surface area contributed by atoms with Crippen molar-refractivity contribution in [2.24, 2.45) is 0 Å². The maximum absolute atomic E-state index is 11.6. The third kappa shape index (κ3) is 4.08. The summed E-state index contributed by atoms with van der Waals surface area (Å²) >= 11 is 6.03. The maximum atomic E-state index is 11.6. The van der Waals surface area contributed by atoms with Crippen LogP contribution in [0, 0.1) is 0 Å². The lowest BCUT2D eigenvalue weighted by molar-refractivity contribution is -0.111. The molecule has 3 heterocycles. The van der Waals surface area contributed by atoms with Crippen molar-refractivity contribution >= 4 is 40.5 Å². The Hall–Kier alpha value is -3.17. The number of fused-ring (bicyclic) bond motifs is 1. The van der Waals surface area contributed by atoms with Crippen LogP contribution in [0.4, 0.5) is 17.3 Å². The lowest BCUT2D eigenvalue weighted by atomic mass is 10.3. The molecule has 0 fully saturated rings. The van der Waals surface area contributed by atoms with Crippen molar-refractivity contribution in [2.45, 2.75) is 0 Å². The number of halogens is 1. The van der Waals surface area contributed by atoms with Crippen LogP contribution in [0.15, 0.2) is 43.1 Å². The molecule has 0 spiro atoms. The van der Waals surface area contributed by atoms with Crippen molar-refractivity contribution in [3.05, 3.63) is 48.3 Å². The number of ether oxygens (including phenoxy) is 1. The molecule has 0 aliphatic heterocycles. The second-order valence-electron chi connectivity index (χ2n) is 5.04. The number of nitrogens with one attached hydrogen (secondary N) is 2. The monoisotopic (exact) mass is 374 g/mol. The molecule has 1 amide bonds. The molecule has 134 valence electrons. The molecule has 0 bridgehead atoms. The summed E-state index contributed by atoms with van der Waals surface area (Å²) in [5, 5.41) is 19.1. The number of hydrogen-bond acceptors (Lipinski definition) is 7. The molecule has 0 atom stereocenters. The number of aliphatic hydroxyl groups excluding tert-OH is 1. The van der Waals surface area contributed by atoms with Gasteiger partial charge in [0.05, 0.1) is 18.5 Å². The van der Waals surface area contributed by atoms with E-state index < -0.39 is 0 Å². The van der Waals surface area contributed by atoms with Crippen LogP contribution in [0.5, 0.6) is 5.88 Å². The van der Waals surface area contributed by atoms with Gasteiger partial charge in [0, 0.05) is 24.3 Å². The molecule has 3 N–H and O–H groups in total. The minimum Gasteiger partial charge on any atom is -0.475 e. The van der Waals surface area contributed by atoms with E-state index in [-0.39, 0.29) is 30.2 Å². The van der Waals surface area contributed by atoms with Crippen LogP contribution >= 0.6 is 11.6 Å². The molecule has 3 aromatic rings. The van der Waals surface area contributed by atoms with Crippen molar-refractivity contribution in [1.82, 2.24) is 19.6 Å². The fraction of sp³-hybridized carbons (Fsp3) is 0.125. The summed E-state index contributed by atoms with van der Waals surface area (Å²) in [5.74, 6) is 0.744. The van der Waals surface area contributed by atoms with Crippen LogP contribution < -0.4 is 15.4 Å². The summed E-state index contributed by atoms with van der Waals surface area (Å²) in [7, 11) is 0. The number of carbonyl (C=O) groups excluding carboxylic acids is 1. The first-order valence-corrected chi connectivity index (χ1v) is 7.93. The first-order valence-electron chi connectivity index (χ1n) is 7.55. The van der Waals surface area contributed by atoms with Gasteiger partial charge in [0.15, 0.2) is 5.65 Å². The van der Waals surface area contributed by atoms with Crippen molar-refractivity contribution in [3.63, 3.8) is 0 Å². The normalized spacial score (nSPS) is 10.5. The van der Waals surface area contributed by atoms with Crippen LogP contribution in [-0.4, -0.2) is 43.8 Å². The van der Waals surface area contributed by atoms with Crippen molar-refractivity contribution in [3.8, 4) is 5.88 Å². The Labute approximate surface area is 153 Å². The van der Waals surface area contributed by atoms with Gasteiger partial charge in [-0.1, -0.05) is 18.2 Å². The fourth-order valence-corrected chi connectivity index (χ4v) is 2.35. The Balaban J connectivity index is 1.96. The summed E-state index contributed by atoms with van der Waals surface area (Å²) in [6, 6.07) is 6.44. The number of amides is 1. The fourth-order valence-electron chi connectivity index (χ4n) is 2.16. The number of pyridine rings is 1. The van der Waals surface area contributed by atoms with Gasteiger partial charge in [-0.2, -0.15) is 14.6 Å². The molecular formula is C16H15ClN6O3. The zero-order chi connectivity index (χ0) is 18.5. The molecule has 0 unspecified atom stereocenters. The average Bonchev–Trinajstić information content (AvgIpc) is 3.08. The molecule has 0 aliphatic rings. The van der Waals surface area contributed by atoms with Crippen LogP contribution in [0.3, 0.4) is 0 Å². The van der Waals surface area contributed by atoms with Crippen molar-refractivity contribution < 1.29 is 14.6 Å². The quantitative estimate of drug-likeness (QED) is 0.428. The Morgan fingerprint density at radius 2 is 2.23 bits per heavy atom. The Morgan fingerprint density at radius 1 is 1.38 bits per heavy atom. The van der Waals surface area contributed by atoms with Gasteiger partial charge in [0.1, 0.15) is 23.4 Å². The van der Waals surface area contributed by atoms with Crippen LogP contribution in [0.2, 0.25) is 5.15 Å². The highest BCUT2D eigenvalue weighted by Crippen LogP contribution is 2.25. The third-order valence-electron chi connectivity index (χ3n) is 3.18. The number of hydrogen-bond donors (Lipinski definition) is 3. The molecule has 26 heavy (non-hydrogen) atoms. The minimum absolute atomic E-state index is 0.0653. The second kappa shape index (κ2) is 7.81. The predicted octanol–water partition coefficient (Wildman–Crippen LogP) is 2.02. The average molecular weight is 375 g/mol. The van der Waals surface area contributed by atoms with Gasteiger partial charge in [0.2, 0.25) is 11.8 Å². The van der Waals surface area contributed by atoms with Gasteiger partial charge in [-0.15, -0.1) is 0 Å². The molecule has 9 nitrogen and oxygen atoms in total. The molecule has 10 heteroatoms. The molecule has 0 aliphatic carbocycles. The van der Waals surface area contributed by atoms with E-state index in [0.29, 0.717) is 23.0 Å². The number of anilines is 3. The first-order chi connectivity index (χ1) is 12.6. The highest BCUT2D eigenvalue weighted by atomic mass is 35.5. The summed E-state index contributed by atoms with van der Waals surface area (Å²) in [5.41, 5.74) is 1.00. The molecule has 3 rings (SSSR count). The standard InChI is InChI=1S/C16H15ClN6O3/c1-2-15(25)19-10-7-12(22-16(8-10)26-6-5-24)21-14-9-11(17)20-13-3-4-18-23(13)14/h2-4,7-9,24H,1,5-6H2,(H2,19,21,22,25). The lowest BCUT2D eigenvalue weighted by Crippen LogP contribution is -2.10. The first kappa shape index (κ1) is 17.6. The molecule has 0 saturated carbocycles. The number of aliphatic hydroxyl groups is 1. The molecule has 0 radical (unpaired) electrons. The Bertz CT molecular complexity index is 958. The van der Waals surface area contributed by atoms with Crippen LogP contribution in [-0.2, 0) is 4.79 Å². The lowest BCUT2D eigenvalue weighted by Gasteiger charge is -2.12. The summed E-state index contributed by atoms with van der Waals surface area (Å²) in [6.07, 6.45) is 2.74. The van der Waals surface area contributed by atoms with Gasteiger partial charge in [-0.3, -0.25) is 4.79 Å². The second-order valence-corrected chi connectivity index (χ2v) is 5.42. The van der Waals surface area contributed by atoms with Gasteiger partial charge < -0.3 is 20.5 Å². The molecule has 0 aromatic carbocycles. The zero-order valence-corrected chi connectivity index (χ0v) is 14.3. The smallest absolute Gasteiger partial charge is 0.247 e. The highest BCUT2D eigenvalue weighted by molar-refractivity contribution is 6.29. The van der Waals surface area contributed by atoms with E-state index in [1.807, 2.05) is 0 Å². The van der Waals surface area contributed by atoms with E-state index in [0.717, 1.165) is 6.08 Å². The van der Waals surface area contributed by atoms with Crippen molar-refractivity contribution in [1.29, 1.82) is 0 Å². The number of carbonyl (C=O) groups is 1. The number of aromatic nitrogens is 4. The van der Waals surface area contributed by atoms with Gasteiger partial charge >= 0.3 is 0 Å². The highest BCUT2D eigenvalue weighted by Gasteiger charge is 2.10. The zero-order valence-electron chi connectivity index (χ0n) is 13.5. The van der Waals surface area contributed by atoms with E-state index >= 15 is 0 Å². The van der Waals surface area contributed by atoms with Gasteiger partial charge in [-0.05, 0) is 6.08 Å². The van der Waals surface area contributed by atoms with E-state index in [1.54, 1.807) is 28.9 Å². The topological polar surface area (TPSA) is 114 Å². The van der Waals surface area contributed by atoms with E-state index in [9.17, 15) is 4.79 Å². The third-order valence-corrected chi connectivity index (χ3v) is 3.37. The van der Waals surface area contributed by atoms with Crippen molar-refractivity contribution in [2.75, 3.05) is 23.8 Å². The largest absolute Gasteiger partial charge is 0.475 e. The molecular weight excluding hydrogens is 360 g/mol. The Morgan fingerprint density at radius 3 is 3.00 bits per heavy atom. The summed E-state index contributed by atoms with van der Waals surface area (Å²) in [4.78, 5) is 20.0. The van der Waals surface area contributed by atoms with Gasteiger partial charge in [0.25, 0.3) is 0 Å². The predicted molar refractivity (Wildman–Crippen MR) is 96.9 cm³/mol. The SMILES string of the molecule is C=CC(=O)Nc1cc(Nc2cc(Cl)nc3ccnn23)nc(OCCO)c1. The number of nitrogens with zero attached hydrogens (tertiary/aromatic N) is 4. The summed E-state index contributed by atoms with van der Waals surface area (Å²) in [6.45, 7) is 3.32. The van der Waals surface area contributed by atoms with E-state index in [2.05, 4.69) is 32.3 Å². The summed E-state index contributed by atoms with van der Waals surface area (Å²) < 4.78 is 6.90. The van der Waals surface area contributed by atoms with Crippen LogP contribution in [0.1, 0.15) is 0 Å². The van der Waals surface area contributed by atoms with Gasteiger partial charge in [-0.25, -0.2) is 4.98 Å². The Kier molecular flexibility index (Phi) is 5.30. The molecule has 0 saturated heterocycles. The van der Waals surface area contributed by atoms with E-state index in [4.69, 9.17) is 21.4 Å². The van der Waals surface area contributed by atoms with Crippen LogP contribution in [0.25, 0.3) is 5.65 Å². The minimum atomic E-state index is -0.378. The van der Waals surface area contributed by atoms with E-state index in [1.165, 1.54) is 6.07 Å². The number of rotatable bonds is 7. The molecule has 3 aromatic heterocycles. The maximum Gasteiger partial charge on any atom is 0.247 e.